The lowest BCUT2D eigenvalue weighted by Gasteiger charge is -2.25. The van der Waals surface area contributed by atoms with Gasteiger partial charge in [-0.15, -0.1) is 0 Å². The van der Waals surface area contributed by atoms with Crippen molar-refractivity contribution in [3.05, 3.63) is 24.3 Å². The third-order valence-corrected chi connectivity index (χ3v) is 3.37. The molecule has 0 saturated heterocycles. The molecule has 1 fully saturated rings. The van der Waals surface area contributed by atoms with Crippen LogP contribution in [0.5, 0.6) is 0 Å². The Morgan fingerprint density at radius 1 is 1.35 bits per heavy atom. The molecule has 0 aromatic carbocycles. The van der Waals surface area contributed by atoms with E-state index in [9.17, 15) is 14.4 Å². The van der Waals surface area contributed by atoms with Crippen LogP contribution in [0.3, 0.4) is 0 Å². The van der Waals surface area contributed by atoms with E-state index in [1.54, 1.807) is 13.0 Å². The average Bonchev–Trinajstić information content (AvgIpc) is 2.48. The number of ether oxygens (including phenoxy) is 1. The van der Waals surface area contributed by atoms with Crippen LogP contribution >= 0.6 is 0 Å². The maximum Gasteiger partial charge on any atom is 0.308 e. The molecule has 0 N–H and O–H groups in total. The molecule has 6 heteroatoms. The van der Waals surface area contributed by atoms with Crippen LogP contribution in [0.25, 0.3) is 0 Å². The molecule has 2 rings (SSSR count). The van der Waals surface area contributed by atoms with Gasteiger partial charge in [0.05, 0.1) is 18.4 Å². The fourth-order valence-electron chi connectivity index (χ4n) is 2.33. The molecule has 0 spiro atoms. The topological polar surface area (TPSA) is 86.2 Å². The molecule has 1 heterocycles. The summed E-state index contributed by atoms with van der Waals surface area (Å²) in [7, 11) is 0. The first-order valence-corrected chi connectivity index (χ1v) is 6.64. The number of rotatable bonds is 4. The zero-order valence-electron chi connectivity index (χ0n) is 11.2. The first-order valence-electron chi connectivity index (χ1n) is 6.64. The van der Waals surface area contributed by atoms with Crippen LogP contribution in [0, 0.1) is 11.8 Å². The summed E-state index contributed by atoms with van der Waals surface area (Å²) >= 11 is 0. The minimum Gasteiger partial charge on any atom is -0.466 e. The number of ketones is 2. The fraction of sp³-hybridized carbons (Fsp3) is 0.500. The number of Topliss-reactive ketones (excluding diaryl/α,β-unsaturated/α-hetero) is 2. The third-order valence-electron chi connectivity index (χ3n) is 3.37. The Labute approximate surface area is 116 Å². The Bertz CT molecular complexity index is 515. The zero-order chi connectivity index (χ0) is 14.5. The molecular weight excluding hydrogens is 260 g/mol. The third kappa shape index (κ3) is 3.07. The zero-order valence-corrected chi connectivity index (χ0v) is 11.2. The normalized spacial score (nSPS) is 22.4. The van der Waals surface area contributed by atoms with E-state index < -0.39 is 17.6 Å². The lowest BCUT2D eigenvalue weighted by Crippen LogP contribution is -2.35. The van der Waals surface area contributed by atoms with Crippen LogP contribution in [0.2, 0.25) is 0 Å². The fourth-order valence-corrected chi connectivity index (χ4v) is 2.33. The Balaban J connectivity index is 2.11. The van der Waals surface area contributed by atoms with E-state index in [4.69, 9.17) is 4.74 Å². The van der Waals surface area contributed by atoms with Crippen LogP contribution in [0.4, 0.5) is 0 Å². The number of hydrogen-bond acceptors (Lipinski definition) is 6. The van der Waals surface area contributed by atoms with Crippen LogP contribution in [0.15, 0.2) is 18.5 Å². The Hall–Kier alpha value is -2.11. The van der Waals surface area contributed by atoms with Gasteiger partial charge in [0.1, 0.15) is 5.78 Å². The summed E-state index contributed by atoms with van der Waals surface area (Å²) in [6, 6.07) is 1.60. The molecule has 1 saturated carbocycles. The highest BCUT2D eigenvalue weighted by Gasteiger charge is 2.38. The number of hydrogen-bond donors (Lipinski definition) is 0. The SMILES string of the molecule is CCOC(=O)C1CCC(=O)C(C(=O)c2ncccn2)C1. The second-order valence-electron chi connectivity index (χ2n) is 4.68. The van der Waals surface area contributed by atoms with E-state index in [0.29, 0.717) is 13.0 Å². The second kappa shape index (κ2) is 6.36. The minimum absolute atomic E-state index is 0.0235. The lowest BCUT2D eigenvalue weighted by atomic mass is 9.78. The van der Waals surface area contributed by atoms with Crippen LogP contribution in [0.1, 0.15) is 36.8 Å². The average molecular weight is 276 g/mol. The number of nitrogens with zero attached hydrogens (tertiary/aromatic N) is 2. The number of carbonyl (C=O) groups is 3. The summed E-state index contributed by atoms with van der Waals surface area (Å²) in [5.74, 6) is -2.11. The minimum atomic E-state index is -0.833. The van der Waals surface area contributed by atoms with Crippen LogP contribution in [-0.2, 0) is 14.3 Å². The number of aromatic nitrogens is 2. The molecule has 0 bridgehead atoms. The molecular formula is C14H16N2O4. The van der Waals surface area contributed by atoms with Crippen molar-refractivity contribution in [3.8, 4) is 0 Å². The Morgan fingerprint density at radius 3 is 2.70 bits per heavy atom. The Kier molecular flexibility index (Phi) is 4.55. The maximum absolute atomic E-state index is 12.2. The van der Waals surface area contributed by atoms with Crippen molar-refractivity contribution in [2.75, 3.05) is 6.61 Å². The second-order valence-corrected chi connectivity index (χ2v) is 4.68. The van der Waals surface area contributed by atoms with Crippen molar-refractivity contribution in [2.45, 2.75) is 26.2 Å². The van der Waals surface area contributed by atoms with Crippen molar-refractivity contribution >= 4 is 17.5 Å². The summed E-state index contributed by atoms with van der Waals surface area (Å²) in [4.78, 5) is 43.6. The van der Waals surface area contributed by atoms with Gasteiger partial charge in [-0.2, -0.15) is 0 Å². The van der Waals surface area contributed by atoms with E-state index in [0.717, 1.165) is 0 Å². The van der Waals surface area contributed by atoms with Crippen molar-refractivity contribution in [2.24, 2.45) is 11.8 Å². The van der Waals surface area contributed by atoms with Crippen molar-refractivity contribution in [1.29, 1.82) is 0 Å². The summed E-state index contributed by atoms with van der Waals surface area (Å²) in [6.07, 6.45) is 3.76. The summed E-state index contributed by atoms with van der Waals surface area (Å²) in [5.41, 5.74) is 0. The van der Waals surface area contributed by atoms with Gasteiger partial charge < -0.3 is 4.74 Å². The summed E-state index contributed by atoms with van der Waals surface area (Å²) < 4.78 is 4.96. The number of carbonyl (C=O) groups excluding carboxylic acids is 3. The van der Waals surface area contributed by atoms with Crippen molar-refractivity contribution in [3.63, 3.8) is 0 Å². The number of esters is 1. The van der Waals surface area contributed by atoms with Gasteiger partial charge in [-0.3, -0.25) is 14.4 Å². The van der Waals surface area contributed by atoms with Gasteiger partial charge in [0.15, 0.2) is 5.82 Å². The van der Waals surface area contributed by atoms with Gasteiger partial charge in [0.25, 0.3) is 0 Å². The molecule has 0 radical (unpaired) electrons. The molecule has 2 unspecified atom stereocenters. The van der Waals surface area contributed by atoms with Gasteiger partial charge in [0, 0.05) is 18.8 Å². The van der Waals surface area contributed by atoms with E-state index in [-0.39, 0.29) is 30.4 Å². The molecule has 106 valence electrons. The summed E-state index contributed by atoms with van der Waals surface area (Å²) in [5, 5.41) is 0. The standard InChI is InChI=1S/C14H16N2O4/c1-2-20-14(19)9-4-5-11(17)10(8-9)12(18)13-15-6-3-7-16-13/h3,6-7,9-10H,2,4-5,8H2,1H3. The van der Waals surface area contributed by atoms with Crippen molar-refractivity contribution in [1.82, 2.24) is 9.97 Å². The molecule has 0 amide bonds. The van der Waals surface area contributed by atoms with E-state index in [2.05, 4.69) is 9.97 Å². The summed E-state index contributed by atoms with van der Waals surface area (Å²) in [6.45, 7) is 2.02. The first kappa shape index (κ1) is 14.3. The van der Waals surface area contributed by atoms with Crippen LogP contribution in [-0.4, -0.2) is 34.1 Å². The Morgan fingerprint density at radius 2 is 2.05 bits per heavy atom. The van der Waals surface area contributed by atoms with E-state index >= 15 is 0 Å². The van der Waals surface area contributed by atoms with Gasteiger partial charge in [-0.05, 0) is 25.8 Å². The van der Waals surface area contributed by atoms with E-state index in [1.807, 2.05) is 0 Å². The van der Waals surface area contributed by atoms with Crippen molar-refractivity contribution < 1.29 is 19.1 Å². The highest BCUT2D eigenvalue weighted by Crippen LogP contribution is 2.29. The quantitative estimate of drug-likeness (QED) is 0.466. The highest BCUT2D eigenvalue weighted by molar-refractivity contribution is 6.09. The maximum atomic E-state index is 12.2. The predicted molar refractivity (Wildman–Crippen MR) is 68.8 cm³/mol. The lowest BCUT2D eigenvalue weighted by molar-refractivity contribution is -0.150. The highest BCUT2D eigenvalue weighted by atomic mass is 16.5. The smallest absolute Gasteiger partial charge is 0.308 e. The van der Waals surface area contributed by atoms with Gasteiger partial charge in [-0.1, -0.05) is 0 Å². The first-order chi connectivity index (χ1) is 9.63. The molecule has 1 aliphatic carbocycles. The molecule has 20 heavy (non-hydrogen) atoms. The van der Waals surface area contributed by atoms with Gasteiger partial charge >= 0.3 is 5.97 Å². The molecule has 1 aliphatic rings. The van der Waals surface area contributed by atoms with Gasteiger partial charge in [-0.25, -0.2) is 9.97 Å². The van der Waals surface area contributed by atoms with E-state index in [1.165, 1.54) is 12.4 Å². The largest absolute Gasteiger partial charge is 0.466 e. The molecule has 1 aromatic rings. The monoisotopic (exact) mass is 276 g/mol. The molecule has 0 aliphatic heterocycles. The van der Waals surface area contributed by atoms with Gasteiger partial charge in [0.2, 0.25) is 5.78 Å². The molecule has 6 nitrogen and oxygen atoms in total. The molecule has 2 atom stereocenters. The van der Waals surface area contributed by atoms with Crippen LogP contribution < -0.4 is 0 Å². The predicted octanol–water partition coefficient (Wildman–Crippen LogP) is 1.21. The molecule has 1 aromatic heterocycles.